The molecule has 3 heteroatoms. The van der Waals surface area contributed by atoms with Crippen molar-refractivity contribution >= 4 is 11.8 Å². The van der Waals surface area contributed by atoms with Gasteiger partial charge in [-0.15, -0.1) is 11.8 Å². The first-order valence-electron chi connectivity index (χ1n) is 7.78. The van der Waals surface area contributed by atoms with E-state index < -0.39 is 0 Å². The van der Waals surface area contributed by atoms with Gasteiger partial charge in [-0.25, -0.2) is 4.39 Å². The summed E-state index contributed by atoms with van der Waals surface area (Å²) in [5.74, 6) is 0.537. The summed E-state index contributed by atoms with van der Waals surface area (Å²) >= 11 is 1.68. The summed E-state index contributed by atoms with van der Waals surface area (Å²) in [6.45, 7) is 6.90. The van der Waals surface area contributed by atoms with Crippen LogP contribution in [0.2, 0.25) is 0 Å². The molecule has 0 amide bonds. The summed E-state index contributed by atoms with van der Waals surface area (Å²) in [4.78, 5) is 0.940. The molecule has 1 saturated carbocycles. The van der Waals surface area contributed by atoms with Crippen LogP contribution in [-0.2, 0) is 0 Å². The summed E-state index contributed by atoms with van der Waals surface area (Å²) in [6.07, 6.45) is 4.32. The van der Waals surface area contributed by atoms with Crippen LogP contribution in [0, 0.1) is 34.4 Å². The maximum absolute atomic E-state index is 13.3. The SMILES string of the molecule is CCC(C)(C)C1CCC(C#N)C(Sc2cccc(F)c2)C1. The Morgan fingerprint density at radius 3 is 2.76 bits per heavy atom. The van der Waals surface area contributed by atoms with Gasteiger partial charge in [0, 0.05) is 10.1 Å². The highest BCUT2D eigenvalue weighted by Gasteiger charge is 2.37. The van der Waals surface area contributed by atoms with Gasteiger partial charge in [-0.3, -0.25) is 0 Å². The maximum Gasteiger partial charge on any atom is 0.124 e. The molecule has 0 radical (unpaired) electrons. The third-order valence-corrected chi connectivity index (χ3v) is 6.41. The molecule has 1 aromatic rings. The van der Waals surface area contributed by atoms with E-state index in [0.29, 0.717) is 11.3 Å². The van der Waals surface area contributed by atoms with Crippen molar-refractivity contribution in [1.82, 2.24) is 0 Å². The van der Waals surface area contributed by atoms with Crippen molar-refractivity contribution in [2.24, 2.45) is 17.3 Å². The van der Waals surface area contributed by atoms with Gasteiger partial charge in [-0.05, 0) is 48.8 Å². The Balaban J connectivity index is 2.12. The lowest BCUT2D eigenvalue weighted by molar-refractivity contribution is 0.144. The van der Waals surface area contributed by atoms with Gasteiger partial charge in [0.1, 0.15) is 5.82 Å². The van der Waals surface area contributed by atoms with Crippen LogP contribution < -0.4 is 0 Å². The molecule has 0 aromatic heterocycles. The molecule has 0 saturated heterocycles. The van der Waals surface area contributed by atoms with Crippen molar-refractivity contribution in [1.29, 1.82) is 5.26 Å². The van der Waals surface area contributed by atoms with E-state index >= 15 is 0 Å². The molecule has 2 rings (SSSR count). The van der Waals surface area contributed by atoms with Crippen molar-refractivity contribution in [3.05, 3.63) is 30.1 Å². The molecule has 1 nitrogen and oxygen atoms in total. The van der Waals surface area contributed by atoms with E-state index in [1.54, 1.807) is 23.9 Å². The first-order chi connectivity index (χ1) is 9.96. The summed E-state index contributed by atoms with van der Waals surface area (Å²) < 4.78 is 13.3. The highest BCUT2D eigenvalue weighted by molar-refractivity contribution is 8.00. The van der Waals surface area contributed by atoms with Crippen LogP contribution in [0.5, 0.6) is 0 Å². The van der Waals surface area contributed by atoms with Crippen LogP contribution in [0.4, 0.5) is 4.39 Å². The Kier molecular flexibility index (Phi) is 5.32. The van der Waals surface area contributed by atoms with Gasteiger partial charge >= 0.3 is 0 Å². The van der Waals surface area contributed by atoms with Gasteiger partial charge in [0.15, 0.2) is 0 Å². The smallest absolute Gasteiger partial charge is 0.124 e. The first kappa shape index (κ1) is 16.4. The van der Waals surface area contributed by atoms with Crippen molar-refractivity contribution in [3.63, 3.8) is 0 Å². The second-order valence-corrected chi connectivity index (χ2v) is 8.01. The van der Waals surface area contributed by atoms with E-state index in [9.17, 15) is 9.65 Å². The van der Waals surface area contributed by atoms with Gasteiger partial charge in [0.05, 0.1) is 12.0 Å². The Bertz CT molecular complexity index is 520. The van der Waals surface area contributed by atoms with Crippen LogP contribution in [0.1, 0.15) is 46.5 Å². The second-order valence-electron chi connectivity index (χ2n) is 6.70. The lowest BCUT2D eigenvalue weighted by Crippen LogP contribution is -2.34. The fraction of sp³-hybridized carbons (Fsp3) is 0.611. The summed E-state index contributed by atoms with van der Waals surface area (Å²) in [6, 6.07) is 9.20. The highest BCUT2D eigenvalue weighted by Crippen LogP contribution is 2.46. The van der Waals surface area contributed by atoms with Crippen LogP contribution in [-0.4, -0.2) is 5.25 Å². The lowest BCUT2D eigenvalue weighted by atomic mass is 9.67. The predicted octanol–water partition coefficient (Wildman–Crippen LogP) is 5.66. The molecule has 114 valence electrons. The monoisotopic (exact) mass is 305 g/mol. The molecule has 21 heavy (non-hydrogen) atoms. The Labute approximate surface area is 131 Å². The molecule has 0 spiro atoms. The molecule has 1 aromatic carbocycles. The largest absolute Gasteiger partial charge is 0.207 e. The molecule has 1 fully saturated rings. The van der Waals surface area contributed by atoms with Crippen molar-refractivity contribution in [2.45, 2.75) is 56.6 Å². The van der Waals surface area contributed by atoms with Gasteiger partial charge in [-0.2, -0.15) is 5.26 Å². The summed E-state index contributed by atoms with van der Waals surface area (Å²) in [5, 5.41) is 9.68. The topological polar surface area (TPSA) is 23.8 Å². The molecule has 0 heterocycles. The van der Waals surface area contributed by atoms with Gasteiger partial charge in [0.25, 0.3) is 0 Å². The average Bonchev–Trinajstić information content (AvgIpc) is 2.47. The van der Waals surface area contributed by atoms with Gasteiger partial charge < -0.3 is 0 Å². The maximum atomic E-state index is 13.3. The Hall–Kier alpha value is -1.01. The zero-order chi connectivity index (χ0) is 15.5. The first-order valence-corrected chi connectivity index (χ1v) is 8.66. The zero-order valence-electron chi connectivity index (χ0n) is 13.1. The molecular formula is C18H24FNS. The number of hydrogen-bond donors (Lipinski definition) is 0. The van der Waals surface area contributed by atoms with E-state index in [-0.39, 0.29) is 17.0 Å². The molecule has 3 atom stereocenters. The van der Waals surface area contributed by atoms with Crippen LogP contribution >= 0.6 is 11.8 Å². The molecule has 3 unspecified atom stereocenters. The van der Waals surface area contributed by atoms with E-state index in [1.165, 1.54) is 6.07 Å². The minimum Gasteiger partial charge on any atom is -0.207 e. The van der Waals surface area contributed by atoms with Gasteiger partial charge in [0.2, 0.25) is 0 Å². The number of halogens is 1. The van der Waals surface area contributed by atoms with E-state index in [2.05, 4.69) is 26.8 Å². The second kappa shape index (κ2) is 6.83. The Morgan fingerprint density at radius 2 is 2.14 bits per heavy atom. The lowest BCUT2D eigenvalue weighted by Gasteiger charge is -2.41. The number of nitriles is 1. The van der Waals surface area contributed by atoms with E-state index in [0.717, 1.165) is 30.6 Å². The van der Waals surface area contributed by atoms with E-state index in [1.807, 2.05) is 6.07 Å². The van der Waals surface area contributed by atoms with Gasteiger partial charge in [-0.1, -0.05) is 33.3 Å². The molecular weight excluding hydrogens is 281 g/mol. The molecule has 1 aliphatic carbocycles. The number of rotatable bonds is 4. The molecule has 1 aliphatic rings. The third-order valence-electron chi connectivity index (χ3n) is 5.06. The fourth-order valence-corrected chi connectivity index (χ4v) is 4.50. The number of thioether (sulfide) groups is 1. The number of nitrogens with zero attached hydrogens (tertiary/aromatic N) is 1. The standard InChI is InChI=1S/C18H24FNS/c1-4-18(2,3)14-9-8-13(12-20)17(10-14)21-16-7-5-6-15(19)11-16/h5-7,11,13-14,17H,4,8-10H2,1-3H3. The van der Waals surface area contributed by atoms with Crippen LogP contribution in [0.15, 0.2) is 29.2 Å². The third kappa shape index (κ3) is 4.01. The van der Waals surface area contributed by atoms with Crippen LogP contribution in [0.25, 0.3) is 0 Å². The molecule has 0 bridgehead atoms. The average molecular weight is 305 g/mol. The summed E-state index contributed by atoms with van der Waals surface area (Å²) in [7, 11) is 0. The fourth-order valence-electron chi connectivity index (χ4n) is 3.12. The van der Waals surface area contributed by atoms with Crippen molar-refractivity contribution in [2.75, 3.05) is 0 Å². The Morgan fingerprint density at radius 1 is 1.38 bits per heavy atom. The predicted molar refractivity (Wildman–Crippen MR) is 86.6 cm³/mol. The van der Waals surface area contributed by atoms with Crippen molar-refractivity contribution < 1.29 is 4.39 Å². The molecule has 0 N–H and O–H groups in total. The zero-order valence-corrected chi connectivity index (χ0v) is 13.9. The van der Waals surface area contributed by atoms with Crippen molar-refractivity contribution in [3.8, 4) is 6.07 Å². The minimum absolute atomic E-state index is 0.0853. The van der Waals surface area contributed by atoms with Crippen LogP contribution in [0.3, 0.4) is 0 Å². The number of hydrogen-bond acceptors (Lipinski definition) is 2. The quantitative estimate of drug-likeness (QED) is 0.716. The minimum atomic E-state index is -0.199. The normalized spacial score (nSPS) is 26.3. The highest BCUT2D eigenvalue weighted by atomic mass is 32.2. The number of benzene rings is 1. The van der Waals surface area contributed by atoms with E-state index in [4.69, 9.17) is 0 Å². The summed E-state index contributed by atoms with van der Waals surface area (Å²) in [5.41, 5.74) is 0.321. The molecule has 0 aliphatic heterocycles.